The predicted octanol–water partition coefficient (Wildman–Crippen LogP) is 3.43. The molecule has 1 aromatic rings. The first-order valence-electron chi connectivity index (χ1n) is 8.08. The maximum absolute atomic E-state index is 3.65. The van der Waals surface area contributed by atoms with Crippen molar-refractivity contribution in [1.82, 2.24) is 10.2 Å². The lowest BCUT2D eigenvalue weighted by Crippen LogP contribution is -2.47. The summed E-state index contributed by atoms with van der Waals surface area (Å²) in [4.78, 5) is 2.66. The van der Waals surface area contributed by atoms with Crippen LogP contribution in [0.3, 0.4) is 0 Å². The molecule has 20 heavy (non-hydrogen) atoms. The number of nitrogens with zero attached hydrogens (tertiary/aromatic N) is 1. The minimum atomic E-state index is 0.185. The maximum Gasteiger partial charge on any atom is 0.0177 e. The molecule has 1 fully saturated rings. The third kappa shape index (κ3) is 4.07. The van der Waals surface area contributed by atoms with Gasteiger partial charge in [0, 0.05) is 30.6 Å². The molecule has 0 saturated heterocycles. The van der Waals surface area contributed by atoms with Crippen LogP contribution in [-0.2, 0) is 5.41 Å². The van der Waals surface area contributed by atoms with Gasteiger partial charge in [0.25, 0.3) is 0 Å². The lowest BCUT2D eigenvalue weighted by molar-refractivity contribution is 0.209. The van der Waals surface area contributed by atoms with Gasteiger partial charge >= 0.3 is 0 Å². The first-order chi connectivity index (χ1) is 9.55. The molecule has 1 unspecified atom stereocenters. The van der Waals surface area contributed by atoms with E-state index in [1.807, 2.05) is 0 Å². The molecule has 0 aromatic heterocycles. The molecule has 1 saturated carbocycles. The summed E-state index contributed by atoms with van der Waals surface area (Å²) in [5, 5.41) is 3.65. The van der Waals surface area contributed by atoms with Crippen LogP contribution in [0.5, 0.6) is 0 Å². The van der Waals surface area contributed by atoms with Crippen molar-refractivity contribution in [1.29, 1.82) is 0 Å². The van der Waals surface area contributed by atoms with E-state index in [4.69, 9.17) is 0 Å². The number of rotatable bonds is 8. The van der Waals surface area contributed by atoms with Crippen LogP contribution in [0.1, 0.15) is 46.1 Å². The molecule has 112 valence electrons. The lowest BCUT2D eigenvalue weighted by Gasteiger charge is -2.37. The number of hydrogen-bond acceptors (Lipinski definition) is 2. The van der Waals surface area contributed by atoms with E-state index in [2.05, 4.69) is 68.2 Å². The minimum absolute atomic E-state index is 0.185. The third-order valence-electron chi connectivity index (χ3n) is 4.39. The standard InChI is InChI=1S/C18H30N2/c1-5-20(17-11-12-17)14-18(4,13-19-15(2)3)16-9-7-6-8-10-16/h6-10,15,17,19H,5,11-14H2,1-4H3. The summed E-state index contributed by atoms with van der Waals surface area (Å²) < 4.78 is 0. The molecule has 2 rings (SSSR count). The van der Waals surface area contributed by atoms with Crippen LogP contribution in [0.4, 0.5) is 0 Å². The average Bonchev–Trinajstić information content (AvgIpc) is 3.28. The molecular formula is C18H30N2. The van der Waals surface area contributed by atoms with E-state index in [1.54, 1.807) is 0 Å². The van der Waals surface area contributed by atoms with Gasteiger partial charge < -0.3 is 5.32 Å². The van der Waals surface area contributed by atoms with E-state index in [0.717, 1.165) is 25.7 Å². The molecule has 1 N–H and O–H groups in total. The zero-order chi connectivity index (χ0) is 14.6. The van der Waals surface area contributed by atoms with Gasteiger partial charge in [0.1, 0.15) is 0 Å². The van der Waals surface area contributed by atoms with Crippen LogP contribution in [0.2, 0.25) is 0 Å². The number of hydrogen-bond donors (Lipinski definition) is 1. The molecule has 0 spiro atoms. The molecule has 1 aliphatic carbocycles. The SMILES string of the molecule is CCN(CC(C)(CNC(C)C)c1ccccc1)C1CC1. The van der Waals surface area contributed by atoms with E-state index in [-0.39, 0.29) is 5.41 Å². The first kappa shape index (κ1) is 15.5. The molecule has 0 radical (unpaired) electrons. The van der Waals surface area contributed by atoms with Gasteiger partial charge in [0.15, 0.2) is 0 Å². The van der Waals surface area contributed by atoms with Crippen LogP contribution >= 0.6 is 0 Å². The Labute approximate surface area is 124 Å². The van der Waals surface area contributed by atoms with Crippen molar-refractivity contribution in [2.45, 2.75) is 58.0 Å². The second-order valence-corrected chi connectivity index (χ2v) is 6.76. The molecule has 1 atom stereocenters. The van der Waals surface area contributed by atoms with Gasteiger partial charge in [-0.15, -0.1) is 0 Å². The number of nitrogens with one attached hydrogen (secondary N) is 1. The summed E-state index contributed by atoms with van der Waals surface area (Å²) >= 11 is 0. The Morgan fingerprint density at radius 2 is 1.90 bits per heavy atom. The van der Waals surface area contributed by atoms with Gasteiger partial charge in [-0.2, -0.15) is 0 Å². The second-order valence-electron chi connectivity index (χ2n) is 6.76. The molecule has 0 heterocycles. The van der Waals surface area contributed by atoms with Gasteiger partial charge in [0.2, 0.25) is 0 Å². The van der Waals surface area contributed by atoms with E-state index in [0.29, 0.717) is 6.04 Å². The van der Waals surface area contributed by atoms with Crippen molar-refractivity contribution in [3.8, 4) is 0 Å². The fraction of sp³-hybridized carbons (Fsp3) is 0.667. The molecule has 0 aliphatic heterocycles. The Morgan fingerprint density at radius 1 is 1.25 bits per heavy atom. The fourth-order valence-electron chi connectivity index (χ4n) is 2.91. The van der Waals surface area contributed by atoms with Gasteiger partial charge in [-0.3, -0.25) is 4.90 Å². The summed E-state index contributed by atoms with van der Waals surface area (Å²) in [5.41, 5.74) is 1.64. The molecule has 0 amide bonds. The van der Waals surface area contributed by atoms with Crippen molar-refractivity contribution in [3.63, 3.8) is 0 Å². The second kappa shape index (κ2) is 6.73. The van der Waals surface area contributed by atoms with Crippen LogP contribution in [0.25, 0.3) is 0 Å². The van der Waals surface area contributed by atoms with E-state index < -0.39 is 0 Å². The molecule has 0 bridgehead atoms. The van der Waals surface area contributed by atoms with Gasteiger partial charge in [0.05, 0.1) is 0 Å². The highest BCUT2D eigenvalue weighted by molar-refractivity contribution is 5.26. The van der Waals surface area contributed by atoms with Crippen molar-refractivity contribution >= 4 is 0 Å². The third-order valence-corrected chi connectivity index (χ3v) is 4.39. The monoisotopic (exact) mass is 274 g/mol. The minimum Gasteiger partial charge on any atom is -0.314 e. The zero-order valence-corrected chi connectivity index (χ0v) is 13.5. The highest BCUT2D eigenvalue weighted by Crippen LogP contribution is 2.31. The maximum atomic E-state index is 3.65. The fourth-order valence-corrected chi connectivity index (χ4v) is 2.91. The summed E-state index contributed by atoms with van der Waals surface area (Å²) in [6.07, 6.45) is 2.77. The van der Waals surface area contributed by atoms with Crippen molar-refractivity contribution < 1.29 is 0 Å². The zero-order valence-electron chi connectivity index (χ0n) is 13.5. The molecule has 2 heteroatoms. The van der Waals surface area contributed by atoms with E-state index >= 15 is 0 Å². The summed E-state index contributed by atoms with van der Waals surface area (Å²) in [5.74, 6) is 0. The van der Waals surface area contributed by atoms with E-state index in [1.165, 1.54) is 18.4 Å². The van der Waals surface area contributed by atoms with Gasteiger partial charge in [-0.05, 0) is 24.9 Å². The Bertz CT molecular complexity index is 397. The van der Waals surface area contributed by atoms with Crippen molar-refractivity contribution in [2.75, 3.05) is 19.6 Å². The van der Waals surface area contributed by atoms with Crippen LogP contribution in [-0.4, -0.2) is 36.6 Å². The Balaban J connectivity index is 2.14. The van der Waals surface area contributed by atoms with Crippen LogP contribution < -0.4 is 5.32 Å². The van der Waals surface area contributed by atoms with Crippen molar-refractivity contribution in [3.05, 3.63) is 35.9 Å². The predicted molar refractivity (Wildman–Crippen MR) is 87.2 cm³/mol. The smallest absolute Gasteiger partial charge is 0.0177 e. The van der Waals surface area contributed by atoms with Gasteiger partial charge in [-0.25, -0.2) is 0 Å². The lowest BCUT2D eigenvalue weighted by atomic mass is 9.81. The Kier molecular flexibility index (Phi) is 5.22. The Morgan fingerprint density at radius 3 is 2.40 bits per heavy atom. The molecule has 1 aliphatic rings. The summed E-state index contributed by atoms with van der Waals surface area (Å²) in [6, 6.07) is 12.4. The molecule has 2 nitrogen and oxygen atoms in total. The van der Waals surface area contributed by atoms with Gasteiger partial charge in [-0.1, -0.05) is 58.0 Å². The summed E-state index contributed by atoms with van der Waals surface area (Å²) in [6.45, 7) is 12.5. The van der Waals surface area contributed by atoms with E-state index in [9.17, 15) is 0 Å². The highest BCUT2D eigenvalue weighted by atomic mass is 15.2. The first-order valence-corrected chi connectivity index (χ1v) is 8.08. The molecular weight excluding hydrogens is 244 g/mol. The van der Waals surface area contributed by atoms with Crippen LogP contribution in [0.15, 0.2) is 30.3 Å². The normalized spacial score (nSPS) is 18.5. The number of likely N-dealkylation sites (N-methyl/N-ethyl adjacent to an activating group) is 1. The highest BCUT2D eigenvalue weighted by Gasteiger charge is 2.35. The topological polar surface area (TPSA) is 15.3 Å². The Hall–Kier alpha value is -0.860. The quantitative estimate of drug-likeness (QED) is 0.781. The summed E-state index contributed by atoms with van der Waals surface area (Å²) in [7, 11) is 0. The molecule has 1 aromatic carbocycles. The van der Waals surface area contributed by atoms with Crippen molar-refractivity contribution in [2.24, 2.45) is 0 Å². The average molecular weight is 274 g/mol. The number of benzene rings is 1. The van der Waals surface area contributed by atoms with Crippen LogP contribution in [0, 0.1) is 0 Å². The largest absolute Gasteiger partial charge is 0.314 e.